The Bertz CT molecular complexity index is 2530. The third-order valence-electron chi connectivity index (χ3n) is 12.2. The molecule has 2 aliphatic heterocycles. The predicted octanol–water partition coefficient (Wildman–Crippen LogP) is 8.95. The van der Waals surface area contributed by atoms with E-state index in [1.54, 1.807) is 30.3 Å². The van der Waals surface area contributed by atoms with Crippen molar-refractivity contribution in [1.82, 2.24) is 5.01 Å². The number of carbonyl (C=O) groups excluding carboxylic acids is 4. The van der Waals surface area contributed by atoms with Crippen LogP contribution >= 0.6 is 23.2 Å². The van der Waals surface area contributed by atoms with Crippen molar-refractivity contribution in [2.75, 3.05) is 31.7 Å². The van der Waals surface area contributed by atoms with Gasteiger partial charge in [0.15, 0.2) is 0 Å². The molecule has 19 heteroatoms. The lowest BCUT2D eigenvalue weighted by Gasteiger charge is -2.51. The lowest BCUT2D eigenvalue weighted by Crippen LogP contribution is -2.53. The number of ether oxygens (including phenoxy) is 3. The van der Waals surface area contributed by atoms with Crippen LogP contribution in [0.5, 0.6) is 23.0 Å². The summed E-state index contributed by atoms with van der Waals surface area (Å²) in [4.78, 5) is 60.0. The predicted molar refractivity (Wildman–Crippen MR) is 211 cm³/mol. The summed E-state index contributed by atoms with van der Waals surface area (Å²) in [6, 6.07) is 13.7. The lowest BCUT2D eigenvalue weighted by molar-refractivity contribution is -0.143. The monoisotopic (exact) mass is 903 g/mol. The molecular formula is C43H33Cl2F6N3O8. The van der Waals surface area contributed by atoms with Crippen LogP contribution in [-0.4, -0.2) is 55.1 Å². The van der Waals surface area contributed by atoms with E-state index in [0.29, 0.717) is 28.4 Å². The Balaban J connectivity index is 1.36. The maximum Gasteiger partial charge on any atom is 0.416 e. The van der Waals surface area contributed by atoms with Gasteiger partial charge in [0, 0.05) is 28.6 Å². The Morgan fingerprint density at radius 2 is 1.37 bits per heavy atom. The number of benzene rings is 4. The number of hydrogen-bond donors (Lipinski definition) is 2. The fraction of sp³-hybridized carbons (Fsp3) is 0.302. The van der Waals surface area contributed by atoms with Gasteiger partial charge in [-0.25, -0.2) is 4.90 Å². The zero-order valence-corrected chi connectivity index (χ0v) is 34.0. The smallest absolute Gasteiger partial charge is 0.416 e. The van der Waals surface area contributed by atoms with Gasteiger partial charge >= 0.3 is 12.4 Å². The number of amides is 4. The van der Waals surface area contributed by atoms with Gasteiger partial charge in [-0.1, -0.05) is 47.0 Å². The van der Waals surface area contributed by atoms with E-state index in [9.17, 15) is 41.0 Å². The van der Waals surface area contributed by atoms with Crippen LogP contribution in [0.3, 0.4) is 0 Å². The molecule has 0 aromatic heterocycles. The van der Waals surface area contributed by atoms with Gasteiger partial charge in [-0.05, 0) is 72.9 Å². The van der Waals surface area contributed by atoms with Crippen LogP contribution < -0.4 is 24.5 Å². The molecule has 0 bridgehead atoms. The van der Waals surface area contributed by atoms with Crippen LogP contribution in [0.15, 0.2) is 84.4 Å². The third-order valence-corrected chi connectivity index (χ3v) is 12.8. The minimum atomic E-state index is -5.28. The van der Waals surface area contributed by atoms with Crippen LogP contribution in [0.2, 0.25) is 10.0 Å². The number of aromatic hydroxyl groups is 1. The minimum Gasteiger partial charge on any atom is -0.508 e. The number of alkyl halides is 6. The Morgan fingerprint density at radius 3 is 1.92 bits per heavy atom. The zero-order valence-electron chi connectivity index (χ0n) is 32.5. The second-order valence-electron chi connectivity index (χ2n) is 15.3. The molecule has 4 aromatic carbocycles. The van der Waals surface area contributed by atoms with Crippen molar-refractivity contribution in [1.29, 1.82) is 0 Å². The summed E-state index contributed by atoms with van der Waals surface area (Å²) in [5, 5.41) is 11.9. The molecule has 1 saturated carbocycles. The van der Waals surface area contributed by atoms with Gasteiger partial charge < -0.3 is 19.3 Å². The SMILES string of the molecule is COc1ccc(C23C(=O)N(Nc4ccc(Cl)cc4Cl)C(=O)C2CC2C(=CCC4C(=O)N(c5cc(C(F)(F)F)cc(C(F)(F)F)c5)C(=O)C42)C3c2c(OC)cc(O)cc2OC)cc1. The van der Waals surface area contributed by atoms with Gasteiger partial charge in [0.25, 0.3) is 11.8 Å². The number of halogens is 8. The fourth-order valence-corrected chi connectivity index (χ4v) is 10.1. The van der Waals surface area contributed by atoms with Gasteiger partial charge in [0.05, 0.1) is 72.0 Å². The highest BCUT2D eigenvalue weighted by atomic mass is 35.5. The van der Waals surface area contributed by atoms with Crippen LogP contribution in [0.25, 0.3) is 0 Å². The number of methoxy groups -OCH3 is 3. The number of phenols is 1. The van der Waals surface area contributed by atoms with Crippen molar-refractivity contribution in [3.8, 4) is 23.0 Å². The maximum atomic E-state index is 15.6. The number of hydrogen-bond acceptors (Lipinski definition) is 9. The number of nitrogens with one attached hydrogen (secondary N) is 1. The summed E-state index contributed by atoms with van der Waals surface area (Å²) in [7, 11) is 4.01. The number of fused-ring (bicyclic) bond motifs is 4. The van der Waals surface area contributed by atoms with Crippen molar-refractivity contribution < 1.29 is 64.8 Å². The molecule has 4 aliphatic rings. The van der Waals surface area contributed by atoms with Crippen molar-refractivity contribution in [3.05, 3.63) is 117 Å². The average molecular weight is 905 g/mol. The number of carbonyl (C=O) groups is 4. The Kier molecular flexibility index (Phi) is 10.4. The number of nitrogens with zero attached hydrogens (tertiary/aromatic N) is 2. The van der Waals surface area contributed by atoms with Gasteiger partial charge in [0.1, 0.15) is 23.0 Å². The number of hydrazine groups is 1. The molecule has 6 unspecified atom stereocenters. The first-order valence-electron chi connectivity index (χ1n) is 18.8. The van der Waals surface area contributed by atoms with Crippen molar-refractivity contribution in [2.45, 2.75) is 36.5 Å². The molecule has 6 atom stereocenters. The van der Waals surface area contributed by atoms with Crippen LogP contribution in [0.1, 0.15) is 41.0 Å². The Labute approximate surface area is 358 Å². The Hall–Kier alpha value is -5.94. The van der Waals surface area contributed by atoms with E-state index < -0.39 is 87.8 Å². The van der Waals surface area contributed by atoms with Crippen LogP contribution in [0, 0.1) is 23.7 Å². The first-order valence-corrected chi connectivity index (χ1v) is 19.6. The van der Waals surface area contributed by atoms with E-state index in [4.69, 9.17) is 37.4 Å². The summed E-state index contributed by atoms with van der Waals surface area (Å²) in [6.07, 6.45) is -9.50. The summed E-state index contributed by atoms with van der Waals surface area (Å²) in [5.74, 6) is -10.2. The molecule has 2 N–H and O–H groups in total. The maximum absolute atomic E-state index is 15.6. The summed E-state index contributed by atoms with van der Waals surface area (Å²) in [5.41, 5.74) is -2.60. The quantitative estimate of drug-likeness (QED) is 0.101. The van der Waals surface area contributed by atoms with Gasteiger partial charge in [0.2, 0.25) is 11.8 Å². The lowest BCUT2D eigenvalue weighted by atomic mass is 9.49. The first-order chi connectivity index (χ1) is 29.3. The fourth-order valence-electron chi connectivity index (χ4n) is 9.69. The largest absolute Gasteiger partial charge is 0.508 e. The highest BCUT2D eigenvalue weighted by molar-refractivity contribution is 6.36. The molecule has 11 nitrogen and oxygen atoms in total. The molecule has 0 spiro atoms. The number of anilines is 2. The Morgan fingerprint density at radius 1 is 0.758 bits per heavy atom. The van der Waals surface area contributed by atoms with Gasteiger partial charge in [-0.3, -0.25) is 24.6 Å². The number of phenolic OH excluding ortho intramolecular Hbond substituents is 1. The van der Waals surface area contributed by atoms with E-state index in [1.165, 1.54) is 51.7 Å². The molecule has 0 radical (unpaired) electrons. The number of allylic oxidation sites excluding steroid dienone is 2. The zero-order chi connectivity index (χ0) is 44.8. The standard InChI is InChI=1S/C43H33Cl2F6N3O8/c1-60-25-7-4-19(5-8-25)41-29(38(57)54(40(41)59)52-31-11-6-22(44)15-30(31)45)18-28-26(36(41)35-32(61-2)16-24(55)17-33(35)62-3)9-10-27-34(28)39(58)53(37(27)56)23-13-20(42(46,47)48)12-21(14-23)43(49,50)51/h4-9,11-17,27-29,34,36,52,55H,10,18H2,1-3H3. The molecule has 2 saturated heterocycles. The summed E-state index contributed by atoms with van der Waals surface area (Å²) in [6.45, 7) is 0. The van der Waals surface area contributed by atoms with Crippen molar-refractivity contribution in [3.63, 3.8) is 0 Å². The van der Waals surface area contributed by atoms with E-state index in [-0.39, 0.29) is 63.0 Å². The number of rotatable bonds is 8. The van der Waals surface area contributed by atoms with Crippen LogP contribution in [0.4, 0.5) is 37.7 Å². The average Bonchev–Trinajstić information content (AvgIpc) is 3.61. The van der Waals surface area contributed by atoms with E-state index in [0.717, 1.165) is 5.01 Å². The molecule has 3 fully saturated rings. The second kappa shape index (κ2) is 15.1. The van der Waals surface area contributed by atoms with Crippen molar-refractivity contribution in [2.24, 2.45) is 23.7 Å². The molecular weight excluding hydrogens is 871 g/mol. The first kappa shape index (κ1) is 42.7. The van der Waals surface area contributed by atoms with Gasteiger partial charge in [-0.15, -0.1) is 0 Å². The van der Waals surface area contributed by atoms with Crippen LogP contribution in [-0.2, 0) is 36.9 Å². The molecule has 2 heterocycles. The highest BCUT2D eigenvalue weighted by Crippen LogP contribution is 2.66. The molecule has 4 aromatic rings. The summed E-state index contributed by atoms with van der Waals surface area (Å²) < 4.78 is 101. The van der Waals surface area contributed by atoms with Gasteiger partial charge in [-0.2, -0.15) is 31.4 Å². The molecule has 4 amide bonds. The minimum absolute atomic E-state index is 0.00587. The summed E-state index contributed by atoms with van der Waals surface area (Å²) >= 11 is 12.6. The topological polar surface area (TPSA) is 135 Å². The third kappa shape index (κ3) is 6.58. The molecule has 62 heavy (non-hydrogen) atoms. The normalized spacial score (nSPS) is 24.7. The highest BCUT2D eigenvalue weighted by Gasteiger charge is 2.71. The molecule has 8 rings (SSSR count). The second-order valence-corrected chi connectivity index (χ2v) is 16.1. The molecule has 324 valence electrons. The molecule has 2 aliphatic carbocycles. The van der Waals surface area contributed by atoms with E-state index in [1.807, 2.05) is 0 Å². The number of imide groups is 2. The van der Waals surface area contributed by atoms with E-state index >= 15 is 9.59 Å². The van der Waals surface area contributed by atoms with E-state index in [2.05, 4.69) is 5.43 Å². The van der Waals surface area contributed by atoms with Crippen molar-refractivity contribution >= 4 is 58.2 Å².